The Bertz CT molecular complexity index is 1560. The molecule has 0 aliphatic carbocycles. The molecule has 0 fully saturated rings. The van der Waals surface area contributed by atoms with Crippen molar-refractivity contribution >= 4 is 15.9 Å². The summed E-state index contributed by atoms with van der Waals surface area (Å²) in [6, 6.07) is 20.5. The van der Waals surface area contributed by atoms with E-state index in [4.69, 9.17) is 15.0 Å². The zero-order valence-corrected chi connectivity index (χ0v) is 22.8. The summed E-state index contributed by atoms with van der Waals surface area (Å²) in [5, 5.41) is 12.8. The van der Waals surface area contributed by atoms with Gasteiger partial charge in [-0.2, -0.15) is 5.10 Å². The molecule has 0 unspecified atom stereocenters. The third-order valence-electron chi connectivity index (χ3n) is 6.31. The fourth-order valence-electron chi connectivity index (χ4n) is 4.49. The second kappa shape index (κ2) is 11.2. The Morgan fingerprint density at radius 1 is 1.00 bits per heavy atom. The lowest BCUT2D eigenvalue weighted by Gasteiger charge is -2.11. The largest absolute Gasteiger partial charge is 0.494 e. The molecule has 0 saturated heterocycles. The van der Waals surface area contributed by atoms with Crippen LogP contribution in [0.25, 0.3) is 16.8 Å². The predicted molar refractivity (Wildman–Crippen MR) is 148 cm³/mol. The van der Waals surface area contributed by atoms with Crippen LogP contribution >= 0.6 is 0 Å². The minimum absolute atomic E-state index is 0.0516. The molecule has 0 saturated carbocycles. The Morgan fingerprint density at radius 2 is 1.68 bits per heavy atom. The Labute approximate surface area is 223 Å². The minimum atomic E-state index is -4.01. The first-order valence-electron chi connectivity index (χ1n) is 12.4. The molecule has 1 aromatic heterocycles. The summed E-state index contributed by atoms with van der Waals surface area (Å²) >= 11 is 0. The van der Waals surface area contributed by atoms with Crippen LogP contribution in [0, 0.1) is 20.8 Å². The van der Waals surface area contributed by atoms with Crippen LogP contribution in [-0.2, 0) is 16.4 Å². The number of carbonyl (C=O) groups is 1. The van der Waals surface area contributed by atoms with E-state index in [9.17, 15) is 13.2 Å². The van der Waals surface area contributed by atoms with E-state index in [1.807, 2.05) is 67.1 Å². The monoisotopic (exact) mass is 532 g/mol. The van der Waals surface area contributed by atoms with Gasteiger partial charge in [-0.25, -0.2) is 18.2 Å². The Balaban J connectivity index is 1.44. The first-order chi connectivity index (χ1) is 18.1. The van der Waals surface area contributed by atoms with Crippen molar-refractivity contribution < 1.29 is 17.9 Å². The van der Waals surface area contributed by atoms with Crippen LogP contribution in [0.15, 0.2) is 71.6 Å². The fourth-order valence-corrected chi connectivity index (χ4v) is 5.20. The van der Waals surface area contributed by atoms with Crippen molar-refractivity contribution in [2.24, 2.45) is 5.14 Å². The number of nitrogens with two attached hydrogens (primary N) is 1. The van der Waals surface area contributed by atoms with Gasteiger partial charge in [0.1, 0.15) is 5.75 Å². The van der Waals surface area contributed by atoms with Crippen LogP contribution < -0.4 is 15.2 Å². The highest BCUT2D eigenvalue weighted by molar-refractivity contribution is 7.89. The number of amides is 1. The van der Waals surface area contributed by atoms with Crippen molar-refractivity contribution in [2.45, 2.75) is 39.0 Å². The van der Waals surface area contributed by atoms with E-state index in [0.717, 1.165) is 45.1 Å². The normalized spacial score (nSPS) is 11.4. The van der Waals surface area contributed by atoms with Crippen molar-refractivity contribution in [3.63, 3.8) is 0 Å². The Kier molecular flexibility index (Phi) is 7.99. The maximum Gasteiger partial charge on any atom is 0.252 e. The molecule has 0 atom stereocenters. The maximum absolute atomic E-state index is 12.7. The van der Waals surface area contributed by atoms with Gasteiger partial charge in [0.25, 0.3) is 5.91 Å². The number of primary sulfonamides is 1. The van der Waals surface area contributed by atoms with Gasteiger partial charge >= 0.3 is 0 Å². The number of benzene rings is 3. The molecule has 4 aromatic rings. The number of nitrogens with one attached hydrogen (secondary N) is 1. The number of aromatic nitrogens is 2. The number of carbonyl (C=O) groups excluding carboxylic acids is 1. The fraction of sp³-hybridized carbons (Fsp3) is 0.241. The lowest BCUT2D eigenvalue weighted by molar-refractivity contribution is 0.0950. The molecule has 9 heteroatoms. The van der Waals surface area contributed by atoms with E-state index in [0.29, 0.717) is 19.6 Å². The van der Waals surface area contributed by atoms with Gasteiger partial charge in [0.15, 0.2) is 0 Å². The second-order valence-corrected chi connectivity index (χ2v) is 10.7. The summed E-state index contributed by atoms with van der Waals surface area (Å²) in [5.41, 5.74) is 6.94. The number of hydrogen-bond donors (Lipinski definition) is 2. The topological polar surface area (TPSA) is 116 Å². The molecule has 0 aliphatic rings. The smallest absolute Gasteiger partial charge is 0.252 e. The Morgan fingerprint density at radius 3 is 2.32 bits per heavy atom. The molecule has 4 rings (SSSR count). The van der Waals surface area contributed by atoms with Crippen molar-refractivity contribution in [3.05, 3.63) is 94.8 Å². The van der Waals surface area contributed by atoms with Gasteiger partial charge in [-0.3, -0.25) is 4.79 Å². The number of aryl methyl sites for hydroxylation is 2. The lowest BCUT2D eigenvalue weighted by atomic mass is 10.0. The molecular weight excluding hydrogens is 500 g/mol. The average molecular weight is 533 g/mol. The van der Waals surface area contributed by atoms with Crippen LogP contribution in [0.1, 0.15) is 39.8 Å². The van der Waals surface area contributed by atoms with Gasteiger partial charge in [-0.15, -0.1) is 0 Å². The van der Waals surface area contributed by atoms with Crippen molar-refractivity contribution in [1.29, 1.82) is 0 Å². The summed E-state index contributed by atoms with van der Waals surface area (Å²) in [4.78, 5) is 12.5. The molecule has 0 radical (unpaired) electrons. The van der Waals surface area contributed by atoms with Gasteiger partial charge < -0.3 is 10.1 Å². The van der Waals surface area contributed by atoms with E-state index in [1.165, 1.54) is 12.1 Å². The zero-order valence-electron chi connectivity index (χ0n) is 22.0. The predicted octanol–water partition coefficient (Wildman–Crippen LogP) is 4.48. The standard InChI is InChI=1S/C29H32N4O4S/c1-5-37-25-13-9-23(10-14-25)28-20(3)32-33(21(28)4)24-11-7-22(8-12-24)16-17-31-29(34)26-18-19(2)6-15-27(26)38(30,35)36/h6-15,18H,5,16-17H2,1-4H3,(H,31,34)(H2,30,35,36). The second-order valence-electron chi connectivity index (χ2n) is 9.13. The molecule has 8 nitrogen and oxygen atoms in total. The highest BCUT2D eigenvalue weighted by Crippen LogP contribution is 2.30. The van der Waals surface area contributed by atoms with E-state index in [2.05, 4.69) is 12.2 Å². The summed E-state index contributed by atoms with van der Waals surface area (Å²) in [6.07, 6.45) is 0.580. The summed E-state index contributed by atoms with van der Waals surface area (Å²) in [7, 11) is -4.01. The molecule has 0 bridgehead atoms. The van der Waals surface area contributed by atoms with Crippen LogP contribution in [-0.4, -0.2) is 37.3 Å². The molecule has 1 heterocycles. The van der Waals surface area contributed by atoms with Crippen molar-refractivity contribution in [3.8, 4) is 22.6 Å². The molecule has 0 aliphatic heterocycles. The first-order valence-corrected chi connectivity index (χ1v) is 13.9. The number of nitrogens with zero attached hydrogens (tertiary/aromatic N) is 2. The third kappa shape index (κ3) is 5.95. The number of sulfonamides is 1. The summed E-state index contributed by atoms with van der Waals surface area (Å²) < 4.78 is 31.2. The van der Waals surface area contributed by atoms with Crippen LogP contribution in [0.5, 0.6) is 5.75 Å². The summed E-state index contributed by atoms with van der Waals surface area (Å²) in [5.74, 6) is 0.369. The number of hydrogen-bond acceptors (Lipinski definition) is 5. The molecule has 38 heavy (non-hydrogen) atoms. The van der Waals surface area contributed by atoms with Gasteiger partial charge in [0.2, 0.25) is 10.0 Å². The highest BCUT2D eigenvalue weighted by atomic mass is 32.2. The molecule has 3 N–H and O–H groups in total. The van der Waals surface area contributed by atoms with Crippen LogP contribution in [0.4, 0.5) is 0 Å². The number of ether oxygens (including phenoxy) is 1. The Hall–Kier alpha value is -3.95. The van der Waals surface area contributed by atoms with E-state index >= 15 is 0 Å². The highest BCUT2D eigenvalue weighted by Gasteiger charge is 2.19. The third-order valence-corrected chi connectivity index (χ3v) is 7.28. The molecular formula is C29H32N4O4S. The zero-order chi connectivity index (χ0) is 27.4. The van der Waals surface area contributed by atoms with Crippen LogP contribution in [0.2, 0.25) is 0 Å². The average Bonchev–Trinajstić information content (AvgIpc) is 3.18. The van der Waals surface area contributed by atoms with E-state index in [-0.39, 0.29) is 10.5 Å². The SMILES string of the molecule is CCOc1ccc(-c2c(C)nn(-c3ccc(CCNC(=O)c4cc(C)ccc4S(N)(=O)=O)cc3)c2C)cc1. The van der Waals surface area contributed by atoms with Gasteiger partial charge in [0.05, 0.1) is 28.4 Å². The van der Waals surface area contributed by atoms with Crippen molar-refractivity contribution in [1.82, 2.24) is 15.1 Å². The first kappa shape index (κ1) is 27.1. The molecule has 198 valence electrons. The number of rotatable bonds is 9. The minimum Gasteiger partial charge on any atom is -0.494 e. The van der Waals surface area contributed by atoms with Gasteiger partial charge in [-0.05, 0) is 81.6 Å². The lowest BCUT2D eigenvalue weighted by Crippen LogP contribution is -2.28. The van der Waals surface area contributed by atoms with Crippen molar-refractivity contribution in [2.75, 3.05) is 13.2 Å². The van der Waals surface area contributed by atoms with E-state index < -0.39 is 15.9 Å². The maximum atomic E-state index is 12.7. The van der Waals surface area contributed by atoms with E-state index in [1.54, 1.807) is 13.0 Å². The molecule has 0 spiro atoms. The van der Waals surface area contributed by atoms with Gasteiger partial charge in [0, 0.05) is 17.8 Å². The molecule has 3 aromatic carbocycles. The van der Waals surface area contributed by atoms with Gasteiger partial charge in [-0.1, -0.05) is 35.9 Å². The van der Waals surface area contributed by atoms with Crippen LogP contribution in [0.3, 0.4) is 0 Å². The summed E-state index contributed by atoms with van der Waals surface area (Å²) in [6.45, 7) is 8.78. The molecule has 1 amide bonds. The quantitative estimate of drug-likeness (QED) is 0.330.